The van der Waals surface area contributed by atoms with E-state index in [9.17, 15) is 9.59 Å². The second kappa shape index (κ2) is 9.95. The minimum atomic E-state index is -0.250. The summed E-state index contributed by atoms with van der Waals surface area (Å²) in [6.07, 6.45) is 0. The van der Waals surface area contributed by atoms with E-state index in [1.54, 1.807) is 24.3 Å². The summed E-state index contributed by atoms with van der Waals surface area (Å²) in [5.74, 6) is -0.00756. The zero-order chi connectivity index (χ0) is 24.2. The minimum Gasteiger partial charge on any atom is -0.348 e. The lowest BCUT2D eigenvalue weighted by molar-refractivity contribution is 0.0950. The predicted octanol–water partition coefficient (Wildman–Crippen LogP) is 6.17. The molecule has 172 valence electrons. The van der Waals surface area contributed by atoms with Gasteiger partial charge in [-0.25, -0.2) is 4.98 Å². The molecule has 0 aliphatic heterocycles. The monoisotopic (exact) mass is 524 g/mol. The van der Waals surface area contributed by atoms with Gasteiger partial charge in [0.2, 0.25) is 5.95 Å². The fourth-order valence-corrected chi connectivity index (χ4v) is 4.18. The van der Waals surface area contributed by atoms with E-state index in [1.807, 2.05) is 72.8 Å². The van der Waals surface area contributed by atoms with Crippen LogP contribution in [-0.4, -0.2) is 21.8 Å². The smallest absolute Gasteiger partial charge is 0.258 e. The van der Waals surface area contributed by atoms with Crippen LogP contribution >= 0.6 is 15.9 Å². The van der Waals surface area contributed by atoms with Crippen molar-refractivity contribution in [2.24, 2.45) is 0 Å². The van der Waals surface area contributed by atoms with E-state index in [0.717, 1.165) is 32.2 Å². The van der Waals surface area contributed by atoms with Crippen molar-refractivity contribution >= 4 is 44.7 Å². The molecule has 5 aromatic rings. The summed E-state index contributed by atoms with van der Waals surface area (Å²) in [6.45, 7) is 0.471. The van der Waals surface area contributed by atoms with Gasteiger partial charge in [0.25, 0.3) is 11.8 Å². The number of rotatable bonds is 6. The molecule has 0 radical (unpaired) electrons. The summed E-state index contributed by atoms with van der Waals surface area (Å²) in [5.41, 5.74) is 5.52. The first-order valence-corrected chi connectivity index (χ1v) is 11.8. The van der Waals surface area contributed by atoms with E-state index < -0.39 is 0 Å². The summed E-state index contributed by atoms with van der Waals surface area (Å²) in [7, 11) is 0. The van der Waals surface area contributed by atoms with E-state index in [1.165, 1.54) is 0 Å². The van der Waals surface area contributed by atoms with Crippen molar-refractivity contribution in [3.05, 3.63) is 118 Å². The maximum Gasteiger partial charge on any atom is 0.258 e. The molecule has 0 saturated heterocycles. The quantitative estimate of drug-likeness (QED) is 0.248. The second-order valence-corrected chi connectivity index (χ2v) is 8.95. The van der Waals surface area contributed by atoms with Gasteiger partial charge in [-0.15, -0.1) is 0 Å². The number of aromatic amines is 1. The summed E-state index contributed by atoms with van der Waals surface area (Å²) < 4.78 is 0.829. The van der Waals surface area contributed by atoms with Gasteiger partial charge in [0.05, 0.1) is 11.0 Å². The molecular weight excluding hydrogens is 504 g/mol. The van der Waals surface area contributed by atoms with Crippen LogP contribution in [0.2, 0.25) is 0 Å². The van der Waals surface area contributed by atoms with Gasteiger partial charge in [-0.3, -0.25) is 14.9 Å². The van der Waals surface area contributed by atoms with E-state index in [-0.39, 0.29) is 11.8 Å². The molecule has 7 heteroatoms. The SMILES string of the molecule is O=C(NCc1ccccc1)c1cccc(-c2ccc3nc(NC(=O)c4cccc(Br)c4)[nH]c3c2)c1. The number of nitrogens with one attached hydrogen (secondary N) is 3. The Hall–Kier alpha value is -4.23. The summed E-state index contributed by atoms with van der Waals surface area (Å²) in [6, 6.07) is 30.3. The fourth-order valence-electron chi connectivity index (χ4n) is 3.78. The van der Waals surface area contributed by atoms with Gasteiger partial charge in [-0.05, 0) is 59.2 Å². The van der Waals surface area contributed by atoms with E-state index in [2.05, 4.69) is 36.5 Å². The molecule has 3 N–H and O–H groups in total. The predicted molar refractivity (Wildman–Crippen MR) is 141 cm³/mol. The van der Waals surface area contributed by atoms with Crippen molar-refractivity contribution in [3.63, 3.8) is 0 Å². The second-order valence-electron chi connectivity index (χ2n) is 8.03. The Kier molecular flexibility index (Phi) is 6.41. The van der Waals surface area contributed by atoms with Crippen LogP contribution in [0.15, 0.2) is 102 Å². The Morgan fingerprint density at radius 2 is 1.51 bits per heavy atom. The molecular formula is C28H21BrN4O2. The molecule has 0 fully saturated rings. The van der Waals surface area contributed by atoms with E-state index in [4.69, 9.17) is 0 Å². The van der Waals surface area contributed by atoms with Crippen LogP contribution in [0, 0.1) is 0 Å². The number of imidazole rings is 1. The first kappa shape index (κ1) is 22.6. The molecule has 1 aromatic heterocycles. The van der Waals surface area contributed by atoms with Crippen LogP contribution in [0.4, 0.5) is 5.95 Å². The zero-order valence-corrected chi connectivity index (χ0v) is 20.2. The first-order chi connectivity index (χ1) is 17.0. The Morgan fingerprint density at radius 3 is 2.31 bits per heavy atom. The number of anilines is 1. The van der Waals surface area contributed by atoms with Crippen LogP contribution in [0.1, 0.15) is 26.3 Å². The maximum absolute atomic E-state index is 12.7. The van der Waals surface area contributed by atoms with Crippen molar-refractivity contribution in [1.29, 1.82) is 0 Å². The third-order valence-electron chi connectivity index (χ3n) is 5.55. The van der Waals surface area contributed by atoms with Crippen molar-refractivity contribution in [3.8, 4) is 11.1 Å². The van der Waals surface area contributed by atoms with Gasteiger partial charge >= 0.3 is 0 Å². The topological polar surface area (TPSA) is 86.9 Å². The lowest BCUT2D eigenvalue weighted by Crippen LogP contribution is -2.22. The zero-order valence-electron chi connectivity index (χ0n) is 18.6. The van der Waals surface area contributed by atoms with Gasteiger partial charge in [-0.2, -0.15) is 0 Å². The molecule has 5 rings (SSSR count). The summed E-state index contributed by atoms with van der Waals surface area (Å²) in [5, 5.41) is 5.77. The highest BCUT2D eigenvalue weighted by Gasteiger charge is 2.12. The van der Waals surface area contributed by atoms with Gasteiger partial charge in [0.1, 0.15) is 0 Å². The van der Waals surface area contributed by atoms with Gasteiger partial charge in [-0.1, -0.05) is 70.5 Å². The Bertz CT molecular complexity index is 1530. The lowest BCUT2D eigenvalue weighted by atomic mass is 10.0. The van der Waals surface area contributed by atoms with Crippen LogP contribution in [0.25, 0.3) is 22.2 Å². The highest BCUT2D eigenvalue weighted by atomic mass is 79.9. The Morgan fingerprint density at radius 1 is 0.771 bits per heavy atom. The fraction of sp³-hybridized carbons (Fsp3) is 0.0357. The average Bonchev–Trinajstić information content (AvgIpc) is 3.29. The number of halogens is 1. The number of amides is 2. The number of hydrogen-bond acceptors (Lipinski definition) is 3. The molecule has 0 aliphatic carbocycles. The number of H-pyrrole nitrogens is 1. The molecule has 1 heterocycles. The molecule has 0 spiro atoms. The molecule has 4 aromatic carbocycles. The van der Waals surface area contributed by atoms with Gasteiger partial charge < -0.3 is 10.3 Å². The van der Waals surface area contributed by atoms with Crippen molar-refractivity contribution in [1.82, 2.24) is 15.3 Å². The number of carbonyl (C=O) groups is 2. The Labute approximate surface area is 210 Å². The number of nitrogens with zero attached hydrogens (tertiary/aromatic N) is 1. The van der Waals surface area contributed by atoms with Gasteiger partial charge in [0, 0.05) is 22.1 Å². The van der Waals surface area contributed by atoms with Crippen LogP contribution in [-0.2, 0) is 6.54 Å². The number of fused-ring (bicyclic) bond motifs is 1. The molecule has 2 amide bonds. The average molecular weight is 525 g/mol. The molecule has 0 aliphatic rings. The highest BCUT2D eigenvalue weighted by Crippen LogP contribution is 2.25. The van der Waals surface area contributed by atoms with Crippen molar-refractivity contribution < 1.29 is 9.59 Å². The van der Waals surface area contributed by atoms with Crippen LogP contribution in [0.5, 0.6) is 0 Å². The molecule has 0 atom stereocenters. The molecule has 0 unspecified atom stereocenters. The molecule has 35 heavy (non-hydrogen) atoms. The van der Waals surface area contributed by atoms with E-state index in [0.29, 0.717) is 23.6 Å². The van der Waals surface area contributed by atoms with Gasteiger partial charge in [0.15, 0.2) is 0 Å². The van der Waals surface area contributed by atoms with Crippen LogP contribution < -0.4 is 10.6 Å². The normalized spacial score (nSPS) is 10.8. The van der Waals surface area contributed by atoms with Crippen molar-refractivity contribution in [2.45, 2.75) is 6.54 Å². The number of benzene rings is 4. The molecule has 0 bridgehead atoms. The number of aromatic nitrogens is 2. The Balaban J connectivity index is 1.33. The highest BCUT2D eigenvalue weighted by molar-refractivity contribution is 9.10. The van der Waals surface area contributed by atoms with Crippen molar-refractivity contribution in [2.75, 3.05) is 5.32 Å². The van der Waals surface area contributed by atoms with E-state index >= 15 is 0 Å². The minimum absolute atomic E-state index is 0.129. The number of hydrogen-bond donors (Lipinski definition) is 3. The molecule has 6 nitrogen and oxygen atoms in total. The van der Waals surface area contributed by atoms with Crippen LogP contribution in [0.3, 0.4) is 0 Å². The number of carbonyl (C=O) groups excluding carboxylic acids is 2. The first-order valence-electron chi connectivity index (χ1n) is 11.0. The third kappa shape index (κ3) is 5.31. The summed E-state index contributed by atoms with van der Waals surface area (Å²) in [4.78, 5) is 32.9. The standard InChI is InChI=1S/C28H21BrN4O2/c29-23-11-5-10-22(15-23)27(35)33-28-31-24-13-12-20(16-25(24)32-28)19-8-4-9-21(14-19)26(34)30-17-18-6-2-1-3-7-18/h1-16H,17H2,(H,30,34)(H2,31,32,33,35). The third-order valence-corrected chi connectivity index (χ3v) is 6.05. The lowest BCUT2D eigenvalue weighted by Gasteiger charge is -2.08. The maximum atomic E-state index is 12.7. The largest absolute Gasteiger partial charge is 0.348 e. The summed E-state index contributed by atoms with van der Waals surface area (Å²) >= 11 is 3.38. The molecule has 0 saturated carbocycles.